The summed E-state index contributed by atoms with van der Waals surface area (Å²) >= 11 is 1.33. The molecule has 2 aromatic carbocycles. The van der Waals surface area contributed by atoms with Crippen LogP contribution in [0.2, 0.25) is 0 Å². The predicted molar refractivity (Wildman–Crippen MR) is 130 cm³/mol. The van der Waals surface area contributed by atoms with Crippen LogP contribution in [0.15, 0.2) is 51.7 Å². The van der Waals surface area contributed by atoms with Crippen molar-refractivity contribution < 1.29 is 13.6 Å². The summed E-state index contributed by atoms with van der Waals surface area (Å²) in [7, 11) is 0. The fourth-order valence-corrected chi connectivity index (χ4v) is 5.25. The van der Waals surface area contributed by atoms with E-state index >= 15 is 0 Å². The van der Waals surface area contributed by atoms with Gasteiger partial charge in [-0.25, -0.2) is 4.39 Å². The number of aromatic nitrogens is 2. The van der Waals surface area contributed by atoms with Crippen molar-refractivity contribution >= 4 is 33.3 Å². The van der Waals surface area contributed by atoms with Gasteiger partial charge in [0.2, 0.25) is 10.9 Å². The van der Waals surface area contributed by atoms with Gasteiger partial charge < -0.3 is 4.42 Å². The molecule has 0 saturated carbocycles. The molecule has 1 aliphatic heterocycles. The van der Waals surface area contributed by atoms with Crippen molar-refractivity contribution in [3.8, 4) is 0 Å². The highest BCUT2D eigenvalue weighted by atomic mass is 32.1. The summed E-state index contributed by atoms with van der Waals surface area (Å²) in [5.41, 5.74) is 1.76. The fourth-order valence-electron chi connectivity index (χ4n) is 4.28. The largest absolute Gasteiger partial charge is 0.450 e. The molecule has 1 amide bonds. The number of halogens is 1. The zero-order valence-corrected chi connectivity index (χ0v) is 20.2. The number of anilines is 1. The highest BCUT2D eigenvalue weighted by molar-refractivity contribution is 7.15. The zero-order valence-electron chi connectivity index (χ0n) is 19.4. The Morgan fingerprint density at radius 1 is 1.09 bits per heavy atom. The molecule has 3 heterocycles. The van der Waals surface area contributed by atoms with E-state index in [0.29, 0.717) is 5.13 Å². The summed E-state index contributed by atoms with van der Waals surface area (Å²) in [6, 6.07) is 10.8. The minimum atomic E-state index is -0.747. The average molecular weight is 478 g/mol. The number of nitrogens with zero attached hydrogens (tertiary/aromatic N) is 3. The molecule has 1 aliphatic rings. The number of fused-ring (bicyclic) bond motifs is 2. The van der Waals surface area contributed by atoms with Crippen molar-refractivity contribution in [2.24, 2.45) is 0 Å². The van der Waals surface area contributed by atoms with Crippen molar-refractivity contribution in [2.75, 3.05) is 4.90 Å². The molecule has 0 N–H and O–H groups in total. The first-order valence-corrected chi connectivity index (χ1v) is 12.0. The van der Waals surface area contributed by atoms with Crippen LogP contribution in [-0.2, 0) is 11.8 Å². The van der Waals surface area contributed by atoms with Crippen molar-refractivity contribution in [3.63, 3.8) is 0 Å². The van der Waals surface area contributed by atoms with Gasteiger partial charge in [0.1, 0.15) is 16.4 Å². The van der Waals surface area contributed by atoms with Crippen LogP contribution in [0.1, 0.15) is 72.4 Å². The van der Waals surface area contributed by atoms with Crippen LogP contribution in [0, 0.1) is 5.82 Å². The minimum Gasteiger partial charge on any atom is -0.450 e. The van der Waals surface area contributed by atoms with Crippen LogP contribution in [0.5, 0.6) is 0 Å². The second-order valence-electron chi connectivity index (χ2n) is 9.49. The summed E-state index contributed by atoms with van der Waals surface area (Å²) in [6.45, 7) is 8.41. The molecule has 1 unspecified atom stereocenters. The number of benzene rings is 2. The van der Waals surface area contributed by atoms with Gasteiger partial charge in [0, 0.05) is 6.42 Å². The summed E-state index contributed by atoms with van der Waals surface area (Å²) in [6.07, 6.45) is 1.65. The van der Waals surface area contributed by atoms with Gasteiger partial charge >= 0.3 is 0 Å². The smallest absolute Gasteiger partial charge is 0.297 e. The van der Waals surface area contributed by atoms with Gasteiger partial charge in [-0.1, -0.05) is 63.3 Å². The van der Waals surface area contributed by atoms with E-state index in [1.165, 1.54) is 28.4 Å². The van der Waals surface area contributed by atoms with Gasteiger partial charge in [-0.05, 0) is 41.2 Å². The van der Waals surface area contributed by atoms with Gasteiger partial charge in [-0.15, -0.1) is 10.2 Å². The maximum Gasteiger partial charge on any atom is 0.297 e. The number of rotatable bonds is 4. The van der Waals surface area contributed by atoms with Crippen molar-refractivity contribution in [3.05, 3.63) is 86.0 Å². The summed E-state index contributed by atoms with van der Waals surface area (Å²) in [5.74, 6) is -1.04. The second-order valence-corrected chi connectivity index (χ2v) is 10.5. The van der Waals surface area contributed by atoms with Crippen LogP contribution < -0.4 is 10.3 Å². The minimum absolute atomic E-state index is 0.0405. The molecule has 4 aromatic rings. The SMILES string of the molecule is CCCc1nnc(N2C(=O)c3oc4ccc(F)cc4c(=O)c3C2c2ccc(C(C)(C)C)cc2)s1. The number of amides is 1. The van der Waals surface area contributed by atoms with E-state index in [-0.39, 0.29) is 27.7 Å². The average Bonchev–Trinajstić information content (AvgIpc) is 3.36. The van der Waals surface area contributed by atoms with Crippen LogP contribution in [0.25, 0.3) is 11.0 Å². The molecule has 174 valence electrons. The zero-order chi connectivity index (χ0) is 24.2. The van der Waals surface area contributed by atoms with Crippen LogP contribution in [-0.4, -0.2) is 16.1 Å². The molecule has 0 spiro atoms. The Morgan fingerprint density at radius 2 is 1.82 bits per heavy atom. The van der Waals surface area contributed by atoms with Crippen molar-refractivity contribution in [2.45, 2.75) is 52.0 Å². The van der Waals surface area contributed by atoms with E-state index in [1.54, 1.807) is 0 Å². The Hall–Kier alpha value is -3.39. The molecule has 0 saturated heterocycles. The van der Waals surface area contributed by atoms with Gasteiger partial charge in [-0.3, -0.25) is 14.5 Å². The quantitative estimate of drug-likeness (QED) is 0.372. The number of carbonyl (C=O) groups is 1. The first kappa shape index (κ1) is 22.4. The normalized spacial score (nSPS) is 15.9. The first-order chi connectivity index (χ1) is 16.2. The Morgan fingerprint density at radius 3 is 2.50 bits per heavy atom. The lowest BCUT2D eigenvalue weighted by Gasteiger charge is -2.24. The summed E-state index contributed by atoms with van der Waals surface area (Å²) in [4.78, 5) is 28.6. The number of hydrogen-bond acceptors (Lipinski definition) is 6. The molecule has 0 radical (unpaired) electrons. The third kappa shape index (κ3) is 3.62. The van der Waals surface area contributed by atoms with Crippen LogP contribution >= 0.6 is 11.3 Å². The van der Waals surface area contributed by atoms with E-state index in [9.17, 15) is 14.0 Å². The molecule has 2 aromatic heterocycles. The van der Waals surface area contributed by atoms with E-state index in [1.807, 2.05) is 31.2 Å². The Balaban J connectivity index is 1.73. The van der Waals surface area contributed by atoms with Gasteiger partial charge in [0.25, 0.3) is 5.91 Å². The van der Waals surface area contributed by atoms with Crippen LogP contribution in [0.4, 0.5) is 9.52 Å². The maximum absolute atomic E-state index is 14.0. The number of carbonyl (C=O) groups excluding carboxylic acids is 1. The van der Waals surface area contributed by atoms with Crippen molar-refractivity contribution in [1.82, 2.24) is 10.2 Å². The first-order valence-electron chi connectivity index (χ1n) is 11.2. The maximum atomic E-state index is 14.0. The monoisotopic (exact) mass is 477 g/mol. The Labute approximate surface area is 200 Å². The third-order valence-corrected chi connectivity index (χ3v) is 7.03. The van der Waals surface area contributed by atoms with E-state index < -0.39 is 23.2 Å². The highest BCUT2D eigenvalue weighted by Gasteiger charge is 2.45. The van der Waals surface area contributed by atoms with E-state index in [2.05, 4.69) is 31.0 Å². The van der Waals surface area contributed by atoms with E-state index in [0.717, 1.165) is 35.0 Å². The molecule has 0 bridgehead atoms. The Bertz CT molecular complexity index is 1470. The van der Waals surface area contributed by atoms with Crippen LogP contribution in [0.3, 0.4) is 0 Å². The molecule has 8 heteroatoms. The Kier molecular flexibility index (Phi) is 5.36. The van der Waals surface area contributed by atoms with Gasteiger partial charge in [0.05, 0.1) is 17.0 Å². The molecule has 34 heavy (non-hydrogen) atoms. The second kappa shape index (κ2) is 8.13. The molecule has 6 nitrogen and oxygen atoms in total. The highest BCUT2D eigenvalue weighted by Crippen LogP contribution is 2.42. The molecule has 5 rings (SSSR count). The standard InChI is InChI=1S/C26H24FN3O3S/c1-5-6-19-28-29-25(34-19)30-21(14-7-9-15(10-8-14)26(2,3)4)20-22(31)17-13-16(27)11-12-18(17)33-23(20)24(30)32/h7-13,21H,5-6H2,1-4H3. The number of aryl methyl sites for hydroxylation is 1. The molecule has 0 aliphatic carbocycles. The van der Waals surface area contributed by atoms with Gasteiger partial charge in [0.15, 0.2) is 5.43 Å². The lowest BCUT2D eigenvalue weighted by molar-refractivity contribution is 0.0970. The van der Waals surface area contributed by atoms with E-state index in [4.69, 9.17) is 4.42 Å². The van der Waals surface area contributed by atoms with Gasteiger partial charge in [-0.2, -0.15) is 0 Å². The predicted octanol–water partition coefficient (Wildman–Crippen LogP) is 5.78. The lowest BCUT2D eigenvalue weighted by atomic mass is 9.86. The topological polar surface area (TPSA) is 76.3 Å². The lowest BCUT2D eigenvalue weighted by Crippen LogP contribution is -2.29. The third-order valence-electron chi connectivity index (χ3n) is 6.05. The van der Waals surface area contributed by atoms with Crippen molar-refractivity contribution in [1.29, 1.82) is 0 Å². The summed E-state index contributed by atoms with van der Waals surface area (Å²) in [5, 5.41) is 9.82. The molecular formula is C26H24FN3O3S. The number of hydrogen-bond donors (Lipinski definition) is 0. The molecular weight excluding hydrogens is 453 g/mol. The summed E-state index contributed by atoms with van der Waals surface area (Å²) < 4.78 is 19.9. The fraction of sp³-hybridized carbons (Fsp3) is 0.308. The molecule has 1 atom stereocenters. The molecule has 0 fully saturated rings.